The van der Waals surface area contributed by atoms with Gasteiger partial charge in [0.15, 0.2) is 17.8 Å². The lowest BCUT2D eigenvalue weighted by atomic mass is 9.92. The van der Waals surface area contributed by atoms with Gasteiger partial charge in [0.05, 0.1) is 29.7 Å². The van der Waals surface area contributed by atoms with E-state index in [1.165, 1.54) is 13.2 Å². The molecule has 14 nitrogen and oxygen atoms in total. The van der Waals surface area contributed by atoms with Crippen molar-refractivity contribution in [3.63, 3.8) is 0 Å². The second kappa shape index (κ2) is 15.0. The molecule has 0 spiro atoms. The molecule has 2 aliphatic heterocycles. The Morgan fingerprint density at radius 1 is 0.933 bits per heavy atom. The van der Waals surface area contributed by atoms with Gasteiger partial charge in [-0.3, -0.25) is 9.59 Å². The topological polar surface area (TPSA) is 214 Å². The van der Waals surface area contributed by atoms with Gasteiger partial charge < -0.3 is 54.2 Å². The smallest absolute Gasteiger partial charge is 0.335 e. The molecule has 0 radical (unpaired) electrons. The molecule has 5 rings (SSSR count). The number of carbonyl (C=O) groups excluding carboxylic acids is 1. The van der Waals surface area contributed by atoms with Crippen LogP contribution in [0.15, 0.2) is 70.1 Å². The summed E-state index contributed by atoms with van der Waals surface area (Å²) in [6.07, 6.45) is -10.9. The Balaban J connectivity index is 0.000000229. The van der Waals surface area contributed by atoms with Gasteiger partial charge in [0.25, 0.3) is 0 Å². The molecule has 2 fully saturated rings. The number of amides is 1. The van der Waals surface area contributed by atoms with Crippen LogP contribution in [0.5, 0.6) is 0 Å². The van der Waals surface area contributed by atoms with Crippen LogP contribution in [0, 0.1) is 0 Å². The zero-order valence-electron chi connectivity index (χ0n) is 24.8. The number of rotatable bonds is 7. The molecule has 0 saturated carbocycles. The first-order valence-electron chi connectivity index (χ1n) is 14.2. The zero-order valence-corrected chi connectivity index (χ0v) is 24.8. The van der Waals surface area contributed by atoms with Crippen molar-refractivity contribution in [3.8, 4) is 11.1 Å². The summed E-state index contributed by atoms with van der Waals surface area (Å²) in [7, 11) is 1.16. The molecule has 0 bridgehead atoms. The van der Waals surface area contributed by atoms with Crippen molar-refractivity contribution in [2.75, 3.05) is 13.7 Å². The van der Waals surface area contributed by atoms with E-state index in [9.17, 15) is 39.9 Å². The van der Waals surface area contributed by atoms with Crippen LogP contribution in [0.4, 0.5) is 0 Å². The van der Waals surface area contributed by atoms with Crippen LogP contribution in [0.2, 0.25) is 0 Å². The number of para-hydroxylation sites is 1. The van der Waals surface area contributed by atoms with E-state index >= 15 is 0 Å². The first-order valence-corrected chi connectivity index (χ1v) is 14.2. The van der Waals surface area contributed by atoms with Gasteiger partial charge >= 0.3 is 5.97 Å². The minimum atomic E-state index is -1.70. The SMILES string of the molecule is CO[C@@H]1C(C(=O)O)O[C@@H](O[C@@H]2C(NC(C)=O)[C@H](C)OC(CO)[C@H]2O)C(O)[C@H]1O.O=c1c(-c2ccccc2)coc2ccccc12. The van der Waals surface area contributed by atoms with E-state index in [1.54, 1.807) is 19.1 Å². The Bertz CT molecular complexity index is 1500. The molecule has 6 N–H and O–H groups in total. The number of benzene rings is 2. The number of ether oxygens (including phenoxy) is 4. The fraction of sp³-hybridized carbons (Fsp3) is 0.452. The molecule has 3 heterocycles. The summed E-state index contributed by atoms with van der Waals surface area (Å²) >= 11 is 0. The number of aliphatic carboxylic acids is 1. The molecule has 2 saturated heterocycles. The van der Waals surface area contributed by atoms with E-state index < -0.39 is 79.6 Å². The van der Waals surface area contributed by atoms with Crippen molar-refractivity contribution < 1.29 is 58.5 Å². The van der Waals surface area contributed by atoms with Gasteiger partial charge in [-0.1, -0.05) is 42.5 Å². The molecule has 244 valence electrons. The molecule has 45 heavy (non-hydrogen) atoms. The molecule has 1 amide bonds. The summed E-state index contributed by atoms with van der Waals surface area (Å²) < 4.78 is 26.7. The molecule has 2 aliphatic rings. The standard InChI is InChI=1S/C16H27NO11.C15H10O2/c1-5-8(17-6(2)19)12(9(20)7(4-18)26-5)27-16-11(22)10(21)13(25-3)14(28-16)15(23)24;16-15-12-8-4-5-9-14(12)17-10-13(15)11-6-2-1-3-7-11/h5,7-14,16,18,20-22H,4H2,1-3H3,(H,17,19)(H,23,24);1-10H/t5-,7?,8?,9+,10+,11?,12+,13-,14?,16+;/m0./s1. The number of hydrogen-bond donors (Lipinski definition) is 6. The minimum absolute atomic E-state index is 0.0121. The Morgan fingerprint density at radius 3 is 2.22 bits per heavy atom. The first kappa shape index (κ1) is 34.1. The molecule has 2 aromatic carbocycles. The average molecular weight is 632 g/mol. The van der Waals surface area contributed by atoms with Gasteiger partial charge in [0.1, 0.15) is 48.5 Å². The summed E-state index contributed by atoms with van der Waals surface area (Å²) in [6.45, 7) is 2.28. The highest BCUT2D eigenvalue weighted by atomic mass is 16.7. The third-order valence-corrected chi connectivity index (χ3v) is 7.63. The van der Waals surface area contributed by atoms with E-state index in [4.69, 9.17) is 23.4 Å². The minimum Gasteiger partial charge on any atom is -0.479 e. The number of carbonyl (C=O) groups is 2. The number of hydrogen-bond acceptors (Lipinski definition) is 12. The highest BCUT2D eigenvalue weighted by Crippen LogP contribution is 2.30. The summed E-state index contributed by atoms with van der Waals surface area (Å²) in [6, 6.07) is 15.9. The van der Waals surface area contributed by atoms with Crippen molar-refractivity contribution >= 4 is 22.8 Å². The van der Waals surface area contributed by atoms with Crippen molar-refractivity contribution in [1.82, 2.24) is 5.32 Å². The van der Waals surface area contributed by atoms with Gasteiger partial charge in [0, 0.05) is 14.0 Å². The fourth-order valence-electron chi connectivity index (χ4n) is 5.34. The predicted octanol–water partition coefficient (Wildman–Crippen LogP) is 0.0231. The molecule has 10 atom stereocenters. The first-order chi connectivity index (χ1) is 21.5. The normalized spacial score (nSPS) is 31.4. The van der Waals surface area contributed by atoms with E-state index in [-0.39, 0.29) is 5.43 Å². The largest absolute Gasteiger partial charge is 0.479 e. The van der Waals surface area contributed by atoms with Crippen LogP contribution < -0.4 is 10.7 Å². The molecule has 3 aromatic rings. The maximum Gasteiger partial charge on any atom is 0.335 e. The average Bonchev–Trinajstić information content (AvgIpc) is 3.03. The number of fused-ring (bicyclic) bond motifs is 1. The molecular weight excluding hydrogens is 594 g/mol. The Hall–Kier alpha value is -3.73. The molecule has 1 aromatic heterocycles. The Labute approximate surface area is 257 Å². The van der Waals surface area contributed by atoms with Crippen LogP contribution >= 0.6 is 0 Å². The van der Waals surface area contributed by atoms with E-state index in [0.29, 0.717) is 16.5 Å². The number of nitrogens with one attached hydrogen (secondary N) is 1. The summed E-state index contributed by atoms with van der Waals surface area (Å²) in [5.74, 6) is -1.89. The maximum absolute atomic E-state index is 12.3. The third kappa shape index (κ3) is 7.57. The number of carboxylic acid groups (broad SMARTS) is 1. The van der Waals surface area contributed by atoms with E-state index in [0.717, 1.165) is 12.7 Å². The van der Waals surface area contributed by atoms with Crippen molar-refractivity contribution in [3.05, 3.63) is 71.1 Å². The van der Waals surface area contributed by atoms with Gasteiger partial charge in [-0.25, -0.2) is 4.79 Å². The quantitative estimate of drug-likeness (QED) is 0.203. The fourth-order valence-corrected chi connectivity index (χ4v) is 5.34. The van der Waals surface area contributed by atoms with Gasteiger partial charge in [-0.2, -0.15) is 0 Å². The summed E-state index contributed by atoms with van der Waals surface area (Å²) in [4.78, 5) is 35.2. The highest BCUT2D eigenvalue weighted by molar-refractivity contribution is 5.81. The van der Waals surface area contributed by atoms with Crippen molar-refractivity contribution in [2.45, 2.75) is 75.0 Å². The van der Waals surface area contributed by atoms with Gasteiger partial charge in [-0.15, -0.1) is 0 Å². The molecule has 4 unspecified atom stereocenters. The van der Waals surface area contributed by atoms with Crippen molar-refractivity contribution in [1.29, 1.82) is 0 Å². The van der Waals surface area contributed by atoms with E-state index in [2.05, 4.69) is 5.32 Å². The van der Waals surface area contributed by atoms with Gasteiger partial charge in [0.2, 0.25) is 5.91 Å². The van der Waals surface area contributed by atoms with Crippen LogP contribution in [0.1, 0.15) is 13.8 Å². The Morgan fingerprint density at radius 2 is 1.60 bits per heavy atom. The lowest BCUT2D eigenvalue weighted by Gasteiger charge is -2.47. The van der Waals surface area contributed by atoms with Crippen LogP contribution in [0.25, 0.3) is 22.1 Å². The maximum atomic E-state index is 12.3. The third-order valence-electron chi connectivity index (χ3n) is 7.63. The zero-order chi connectivity index (χ0) is 32.8. The Kier molecular flexibility index (Phi) is 11.4. The van der Waals surface area contributed by atoms with Crippen LogP contribution in [-0.2, 0) is 28.5 Å². The highest BCUT2D eigenvalue weighted by Gasteiger charge is 2.52. The van der Waals surface area contributed by atoms with E-state index in [1.807, 2.05) is 42.5 Å². The number of aliphatic hydroxyl groups is 4. The second-order valence-electron chi connectivity index (χ2n) is 10.7. The number of aliphatic hydroxyl groups excluding tert-OH is 4. The number of methoxy groups -OCH3 is 1. The van der Waals surface area contributed by atoms with Gasteiger partial charge in [-0.05, 0) is 24.6 Å². The second-order valence-corrected chi connectivity index (χ2v) is 10.7. The number of carboxylic acids is 1. The van der Waals surface area contributed by atoms with Crippen molar-refractivity contribution in [2.24, 2.45) is 0 Å². The van der Waals surface area contributed by atoms with Crippen LogP contribution in [0.3, 0.4) is 0 Å². The lowest BCUT2D eigenvalue weighted by Crippen LogP contribution is -2.67. The molecular formula is C31H37NO13. The summed E-state index contributed by atoms with van der Waals surface area (Å²) in [5, 5.41) is 52.8. The lowest BCUT2D eigenvalue weighted by molar-refractivity contribution is -0.327. The molecule has 0 aliphatic carbocycles. The predicted molar refractivity (Wildman–Crippen MR) is 157 cm³/mol. The monoisotopic (exact) mass is 631 g/mol. The summed E-state index contributed by atoms with van der Waals surface area (Å²) in [5.41, 5.74) is 2.12. The van der Waals surface area contributed by atoms with Crippen LogP contribution in [-0.4, -0.2) is 112 Å². The molecule has 14 heteroatoms.